The standard InChI is InChI=1S/C12H21N5O/c1-3-8-4-6-9(7-5-8)17(2)11(18)10-14-12(13)16-15-10/h8-9H,3-7H2,1-2H3,(H3,13,14,15,16). The van der Waals surface area contributed by atoms with Crippen LogP contribution < -0.4 is 5.73 Å². The zero-order valence-electron chi connectivity index (χ0n) is 11.0. The topological polar surface area (TPSA) is 87.9 Å². The molecular formula is C12H21N5O. The molecule has 3 N–H and O–H groups in total. The highest BCUT2D eigenvalue weighted by Gasteiger charge is 2.27. The fraction of sp³-hybridized carbons (Fsp3) is 0.750. The Morgan fingerprint density at radius 2 is 2.11 bits per heavy atom. The number of amides is 1. The van der Waals surface area contributed by atoms with Crippen molar-refractivity contribution in [2.75, 3.05) is 12.8 Å². The highest BCUT2D eigenvalue weighted by atomic mass is 16.2. The van der Waals surface area contributed by atoms with E-state index in [2.05, 4.69) is 22.1 Å². The molecule has 6 heteroatoms. The number of nitrogens with one attached hydrogen (secondary N) is 1. The zero-order chi connectivity index (χ0) is 13.1. The van der Waals surface area contributed by atoms with Crippen LogP contribution in [0.15, 0.2) is 0 Å². The van der Waals surface area contributed by atoms with Gasteiger partial charge in [0.25, 0.3) is 5.91 Å². The van der Waals surface area contributed by atoms with Crippen LogP contribution in [-0.2, 0) is 0 Å². The van der Waals surface area contributed by atoms with Crippen LogP contribution in [0.25, 0.3) is 0 Å². The monoisotopic (exact) mass is 251 g/mol. The number of H-pyrrole nitrogens is 1. The summed E-state index contributed by atoms with van der Waals surface area (Å²) in [4.78, 5) is 17.8. The smallest absolute Gasteiger partial charge is 0.291 e. The second kappa shape index (κ2) is 5.37. The first kappa shape index (κ1) is 12.9. The lowest BCUT2D eigenvalue weighted by atomic mass is 9.84. The molecular weight excluding hydrogens is 230 g/mol. The van der Waals surface area contributed by atoms with Crippen molar-refractivity contribution in [3.63, 3.8) is 0 Å². The lowest BCUT2D eigenvalue weighted by molar-refractivity contribution is 0.0663. The Morgan fingerprint density at radius 3 is 2.61 bits per heavy atom. The molecule has 0 aliphatic heterocycles. The van der Waals surface area contributed by atoms with Crippen LogP contribution in [0.5, 0.6) is 0 Å². The summed E-state index contributed by atoms with van der Waals surface area (Å²) in [5, 5.41) is 6.25. The maximum atomic E-state index is 12.1. The van der Waals surface area contributed by atoms with E-state index in [1.54, 1.807) is 4.90 Å². The van der Waals surface area contributed by atoms with E-state index in [9.17, 15) is 4.79 Å². The number of hydrogen-bond acceptors (Lipinski definition) is 4. The molecule has 0 unspecified atom stereocenters. The van der Waals surface area contributed by atoms with Crippen LogP contribution in [0.1, 0.15) is 49.6 Å². The van der Waals surface area contributed by atoms with Crippen LogP contribution in [0.3, 0.4) is 0 Å². The van der Waals surface area contributed by atoms with E-state index in [0.29, 0.717) is 6.04 Å². The van der Waals surface area contributed by atoms with Gasteiger partial charge in [0.2, 0.25) is 11.8 Å². The molecule has 1 fully saturated rings. The minimum atomic E-state index is -0.126. The van der Waals surface area contributed by atoms with E-state index in [4.69, 9.17) is 5.73 Å². The van der Waals surface area contributed by atoms with Crippen LogP contribution in [-0.4, -0.2) is 39.1 Å². The van der Waals surface area contributed by atoms with Crippen molar-refractivity contribution in [1.29, 1.82) is 0 Å². The Kier molecular flexibility index (Phi) is 3.84. The van der Waals surface area contributed by atoms with Crippen molar-refractivity contribution < 1.29 is 4.79 Å². The van der Waals surface area contributed by atoms with Gasteiger partial charge in [-0.2, -0.15) is 4.98 Å². The minimum absolute atomic E-state index is 0.112. The van der Waals surface area contributed by atoms with E-state index >= 15 is 0 Å². The summed E-state index contributed by atoms with van der Waals surface area (Å²) in [7, 11) is 1.83. The summed E-state index contributed by atoms with van der Waals surface area (Å²) in [6, 6.07) is 0.312. The molecule has 0 aromatic carbocycles. The number of aromatic amines is 1. The molecule has 1 saturated carbocycles. The predicted octanol–water partition coefficient (Wildman–Crippen LogP) is 1.43. The van der Waals surface area contributed by atoms with Crippen LogP contribution in [0.2, 0.25) is 0 Å². The third kappa shape index (κ3) is 2.63. The summed E-state index contributed by atoms with van der Waals surface area (Å²) in [5.41, 5.74) is 5.41. The van der Waals surface area contributed by atoms with Gasteiger partial charge >= 0.3 is 0 Å². The molecule has 1 aromatic heterocycles. The highest BCUT2D eigenvalue weighted by Crippen LogP contribution is 2.29. The second-order valence-corrected chi connectivity index (χ2v) is 5.04. The molecule has 1 aliphatic carbocycles. The van der Waals surface area contributed by atoms with Crippen molar-refractivity contribution in [2.24, 2.45) is 5.92 Å². The average molecular weight is 251 g/mol. The molecule has 0 atom stereocenters. The SMILES string of the molecule is CCC1CCC(N(C)C(=O)c2nc(N)n[nH]2)CC1. The lowest BCUT2D eigenvalue weighted by Crippen LogP contribution is -2.39. The molecule has 0 spiro atoms. The molecule has 1 aromatic rings. The van der Waals surface area contributed by atoms with E-state index in [-0.39, 0.29) is 17.7 Å². The summed E-state index contributed by atoms with van der Waals surface area (Å²) < 4.78 is 0. The van der Waals surface area contributed by atoms with Gasteiger partial charge in [-0.15, -0.1) is 5.10 Å². The van der Waals surface area contributed by atoms with Crippen molar-refractivity contribution >= 4 is 11.9 Å². The average Bonchev–Trinajstić information content (AvgIpc) is 2.84. The number of nitrogens with zero attached hydrogens (tertiary/aromatic N) is 3. The first-order chi connectivity index (χ1) is 8.61. The van der Waals surface area contributed by atoms with Crippen molar-refractivity contribution in [3.05, 3.63) is 5.82 Å². The molecule has 0 radical (unpaired) electrons. The van der Waals surface area contributed by atoms with Gasteiger partial charge in [-0.25, -0.2) is 0 Å². The fourth-order valence-corrected chi connectivity index (χ4v) is 2.64. The van der Waals surface area contributed by atoms with E-state index in [1.807, 2.05) is 7.05 Å². The molecule has 100 valence electrons. The van der Waals surface area contributed by atoms with Crippen molar-refractivity contribution in [2.45, 2.75) is 45.1 Å². The minimum Gasteiger partial charge on any atom is -0.366 e. The number of rotatable bonds is 3. The van der Waals surface area contributed by atoms with Gasteiger partial charge in [0.1, 0.15) is 0 Å². The number of hydrogen-bond donors (Lipinski definition) is 2. The molecule has 6 nitrogen and oxygen atoms in total. The van der Waals surface area contributed by atoms with Gasteiger partial charge in [-0.1, -0.05) is 13.3 Å². The summed E-state index contributed by atoms with van der Waals surface area (Å²) in [6.45, 7) is 2.23. The Bertz CT molecular complexity index is 408. The van der Waals surface area contributed by atoms with Crippen molar-refractivity contribution in [3.8, 4) is 0 Å². The van der Waals surface area contributed by atoms with Gasteiger partial charge in [-0.3, -0.25) is 9.89 Å². The zero-order valence-corrected chi connectivity index (χ0v) is 11.0. The Morgan fingerprint density at radius 1 is 1.44 bits per heavy atom. The van der Waals surface area contributed by atoms with Crippen LogP contribution in [0, 0.1) is 5.92 Å². The number of nitrogen functional groups attached to an aromatic ring is 1. The normalized spacial score (nSPS) is 23.9. The number of carbonyl (C=O) groups excluding carboxylic acids is 1. The molecule has 18 heavy (non-hydrogen) atoms. The molecule has 0 saturated heterocycles. The first-order valence-corrected chi connectivity index (χ1v) is 6.56. The fourth-order valence-electron chi connectivity index (χ4n) is 2.64. The summed E-state index contributed by atoms with van der Waals surface area (Å²) >= 11 is 0. The van der Waals surface area contributed by atoms with Crippen molar-refractivity contribution in [1.82, 2.24) is 20.1 Å². The first-order valence-electron chi connectivity index (χ1n) is 6.56. The van der Waals surface area contributed by atoms with E-state index in [0.717, 1.165) is 18.8 Å². The van der Waals surface area contributed by atoms with E-state index in [1.165, 1.54) is 19.3 Å². The molecule has 1 amide bonds. The molecule has 1 aliphatic rings. The summed E-state index contributed by atoms with van der Waals surface area (Å²) in [5.74, 6) is 1.04. The highest BCUT2D eigenvalue weighted by molar-refractivity contribution is 5.90. The third-order valence-electron chi connectivity index (χ3n) is 3.97. The molecule has 1 heterocycles. The number of anilines is 1. The lowest BCUT2D eigenvalue weighted by Gasteiger charge is -2.33. The Labute approximate surface area is 107 Å². The van der Waals surface area contributed by atoms with Gasteiger partial charge in [0, 0.05) is 13.1 Å². The van der Waals surface area contributed by atoms with E-state index < -0.39 is 0 Å². The van der Waals surface area contributed by atoms with Crippen LogP contribution in [0.4, 0.5) is 5.95 Å². The number of carbonyl (C=O) groups is 1. The number of nitrogens with two attached hydrogens (primary N) is 1. The maximum Gasteiger partial charge on any atom is 0.291 e. The molecule has 2 rings (SSSR count). The van der Waals surface area contributed by atoms with Gasteiger partial charge < -0.3 is 10.6 Å². The largest absolute Gasteiger partial charge is 0.366 e. The third-order valence-corrected chi connectivity index (χ3v) is 3.97. The Hall–Kier alpha value is -1.59. The molecule has 0 bridgehead atoms. The maximum absolute atomic E-state index is 12.1. The predicted molar refractivity (Wildman–Crippen MR) is 68.9 cm³/mol. The number of aromatic nitrogens is 3. The van der Waals surface area contributed by atoms with Gasteiger partial charge in [0.15, 0.2) is 0 Å². The second-order valence-electron chi connectivity index (χ2n) is 5.04. The van der Waals surface area contributed by atoms with Gasteiger partial charge in [-0.05, 0) is 31.6 Å². The van der Waals surface area contributed by atoms with Crippen LogP contribution >= 0.6 is 0 Å². The van der Waals surface area contributed by atoms with Gasteiger partial charge in [0.05, 0.1) is 0 Å². The Balaban J connectivity index is 1.95. The summed E-state index contributed by atoms with van der Waals surface area (Å²) in [6.07, 6.45) is 5.80. The quantitative estimate of drug-likeness (QED) is 0.850.